The minimum atomic E-state index is -4.77. The van der Waals surface area contributed by atoms with E-state index in [1.165, 1.54) is 36.8 Å². The summed E-state index contributed by atoms with van der Waals surface area (Å²) in [4.78, 5) is 7.80. The van der Waals surface area contributed by atoms with E-state index < -0.39 is 12.4 Å². The van der Waals surface area contributed by atoms with Gasteiger partial charge in [0.15, 0.2) is 0 Å². The number of nitrogens with two attached hydrogens (primary N) is 1. The molecule has 1 aromatic carbocycles. The molecule has 0 radical (unpaired) electrons. The maximum absolute atomic E-state index is 12.3. The van der Waals surface area contributed by atoms with Crippen LogP contribution in [-0.4, -0.2) is 16.3 Å². The summed E-state index contributed by atoms with van der Waals surface area (Å²) in [5, 5.41) is 0. The topological polar surface area (TPSA) is 61.0 Å². The number of alkyl halides is 3. The smallest absolute Gasteiger partial charge is 0.405 e. The van der Waals surface area contributed by atoms with E-state index in [1.807, 2.05) is 0 Å². The number of halogens is 3. The number of hydrogen-bond donors (Lipinski definition) is 1. The van der Waals surface area contributed by atoms with Crippen molar-refractivity contribution in [2.45, 2.75) is 12.4 Å². The number of hydrogen-bond acceptors (Lipinski definition) is 4. The Kier molecular flexibility index (Phi) is 3.66. The fraction of sp³-hybridized carbons (Fsp3) is 0.167. The molecule has 4 nitrogen and oxygen atoms in total. The van der Waals surface area contributed by atoms with E-state index in [0.717, 1.165) is 0 Å². The lowest BCUT2D eigenvalue weighted by Crippen LogP contribution is -2.21. The predicted octanol–water partition coefficient (Wildman–Crippen LogP) is 2.42. The minimum absolute atomic E-state index is 0.195. The van der Waals surface area contributed by atoms with Gasteiger partial charge in [-0.25, -0.2) is 0 Å². The highest BCUT2D eigenvalue weighted by molar-refractivity contribution is 5.39. The number of benzene rings is 1. The second-order valence-corrected chi connectivity index (χ2v) is 3.69. The normalized spacial score (nSPS) is 13.1. The zero-order valence-corrected chi connectivity index (χ0v) is 9.63. The molecule has 100 valence electrons. The Morgan fingerprint density at radius 1 is 1.16 bits per heavy atom. The Balaban J connectivity index is 2.35. The Morgan fingerprint density at radius 2 is 1.89 bits per heavy atom. The number of nitrogens with zero attached hydrogens (tertiary/aromatic N) is 2. The van der Waals surface area contributed by atoms with Gasteiger partial charge < -0.3 is 10.5 Å². The van der Waals surface area contributed by atoms with Crippen molar-refractivity contribution < 1.29 is 17.9 Å². The average molecular weight is 269 g/mol. The Bertz CT molecular complexity index is 545. The van der Waals surface area contributed by atoms with Gasteiger partial charge in [-0.1, -0.05) is 18.2 Å². The van der Waals surface area contributed by atoms with Gasteiger partial charge in [-0.05, 0) is 6.07 Å². The Morgan fingerprint density at radius 3 is 2.53 bits per heavy atom. The van der Waals surface area contributed by atoms with Gasteiger partial charge in [-0.2, -0.15) is 0 Å². The number of rotatable bonds is 3. The Labute approximate surface area is 107 Å². The van der Waals surface area contributed by atoms with Crippen LogP contribution in [0, 0.1) is 0 Å². The summed E-state index contributed by atoms with van der Waals surface area (Å²) in [6.07, 6.45) is -0.496. The number of para-hydroxylation sites is 1. The summed E-state index contributed by atoms with van der Waals surface area (Å²) in [7, 11) is 0. The lowest BCUT2D eigenvalue weighted by molar-refractivity contribution is -0.274. The maximum Gasteiger partial charge on any atom is 0.573 e. The molecule has 1 aromatic heterocycles. The first-order valence-corrected chi connectivity index (χ1v) is 5.33. The molecule has 0 bridgehead atoms. The van der Waals surface area contributed by atoms with Gasteiger partial charge >= 0.3 is 6.36 Å². The van der Waals surface area contributed by atoms with Crippen LogP contribution in [0.3, 0.4) is 0 Å². The van der Waals surface area contributed by atoms with Crippen molar-refractivity contribution >= 4 is 0 Å². The lowest BCUT2D eigenvalue weighted by Gasteiger charge is -2.17. The van der Waals surface area contributed by atoms with E-state index in [2.05, 4.69) is 14.7 Å². The maximum atomic E-state index is 12.3. The second kappa shape index (κ2) is 5.23. The van der Waals surface area contributed by atoms with Crippen LogP contribution in [0.4, 0.5) is 13.2 Å². The van der Waals surface area contributed by atoms with Crippen molar-refractivity contribution in [3.05, 3.63) is 54.1 Å². The van der Waals surface area contributed by atoms with Crippen LogP contribution >= 0.6 is 0 Å². The molecule has 1 atom stereocenters. The molecular weight excluding hydrogens is 259 g/mol. The molecule has 0 aliphatic rings. The van der Waals surface area contributed by atoms with Gasteiger partial charge in [0.25, 0.3) is 0 Å². The molecule has 0 spiro atoms. The molecule has 0 aliphatic carbocycles. The van der Waals surface area contributed by atoms with Gasteiger partial charge in [0.05, 0.1) is 17.9 Å². The zero-order chi connectivity index (χ0) is 13.9. The van der Waals surface area contributed by atoms with E-state index in [-0.39, 0.29) is 11.3 Å². The third-order valence-corrected chi connectivity index (χ3v) is 2.38. The van der Waals surface area contributed by atoms with Crippen LogP contribution in [0.5, 0.6) is 5.75 Å². The quantitative estimate of drug-likeness (QED) is 0.929. The summed E-state index contributed by atoms with van der Waals surface area (Å²) in [6, 6.07) is 4.84. The van der Waals surface area contributed by atoms with Gasteiger partial charge in [-0.15, -0.1) is 13.2 Å². The molecule has 1 heterocycles. The van der Waals surface area contributed by atoms with Gasteiger partial charge in [0.2, 0.25) is 0 Å². The van der Waals surface area contributed by atoms with Crippen LogP contribution < -0.4 is 10.5 Å². The monoisotopic (exact) mass is 269 g/mol. The molecule has 2 N–H and O–H groups in total. The molecule has 2 aromatic rings. The van der Waals surface area contributed by atoms with E-state index in [4.69, 9.17) is 5.73 Å². The Hall–Kier alpha value is -2.15. The largest absolute Gasteiger partial charge is 0.573 e. The standard InChI is InChI=1S/C12H10F3N3O/c13-12(14,15)19-10-4-2-1-3-8(10)11(16)9-7-17-5-6-18-9/h1-7,11H,16H2. The minimum Gasteiger partial charge on any atom is -0.405 e. The predicted molar refractivity (Wildman–Crippen MR) is 61.2 cm³/mol. The summed E-state index contributed by atoms with van der Waals surface area (Å²) < 4.78 is 40.8. The molecule has 7 heteroatoms. The van der Waals surface area contributed by atoms with Crippen molar-refractivity contribution in [1.82, 2.24) is 9.97 Å². The van der Waals surface area contributed by atoms with Crippen molar-refractivity contribution in [2.75, 3.05) is 0 Å². The second-order valence-electron chi connectivity index (χ2n) is 3.69. The van der Waals surface area contributed by atoms with Crippen molar-refractivity contribution in [3.8, 4) is 5.75 Å². The molecule has 0 amide bonds. The number of aromatic nitrogens is 2. The molecule has 0 saturated heterocycles. The van der Waals surface area contributed by atoms with Crippen LogP contribution in [0.25, 0.3) is 0 Å². The van der Waals surface area contributed by atoms with Gasteiger partial charge in [-0.3, -0.25) is 9.97 Å². The summed E-state index contributed by atoms with van der Waals surface area (Å²) in [5.74, 6) is -0.340. The van der Waals surface area contributed by atoms with Crippen molar-refractivity contribution in [1.29, 1.82) is 0 Å². The lowest BCUT2D eigenvalue weighted by atomic mass is 10.0. The van der Waals surface area contributed by atoms with Crippen LogP contribution in [0.15, 0.2) is 42.9 Å². The van der Waals surface area contributed by atoms with Crippen LogP contribution in [-0.2, 0) is 0 Å². The fourth-order valence-corrected chi connectivity index (χ4v) is 1.59. The molecule has 0 aliphatic heterocycles. The molecule has 0 saturated carbocycles. The first kappa shape index (κ1) is 13.3. The molecule has 0 fully saturated rings. The van der Waals surface area contributed by atoms with Crippen molar-refractivity contribution in [3.63, 3.8) is 0 Å². The highest BCUT2D eigenvalue weighted by Crippen LogP contribution is 2.31. The third kappa shape index (κ3) is 3.41. The molecule has 19 heavy (non-hydrogen) atoms. The van der Waals surface area contributed by atoms with Crippen molar-refractivity contribution in [2.24, 2.45) is 5.73 Å². The molecule has 2 rings (SSSR count). The van der Waals surface area contributed by atoms with E-state index in [1.54, 1.807) is 6.07 Å². The molecular formula is C12H10F3N3O. The van der Waals surface area contributed by atoms with Crippen LogP contribution in [0.1, 0.15) is 17.3 Å². The van der Waals surface area contributed by atoms with E-state index >= 15 is 0 Å². The highest BCUT2D eigenvalue weighted by Gasteiger charge is 2.32. The first-order chi connectivity index (χ1) is 8.97. The highest BCUT2D eigenvalue weighted by atomic mass is 19.4. The summed E-state index contributed by atoms with van der Waals surface area (Å²) in [5.41, 5.74) is 6.44. The summed E-state index contributed by atoms with van der Waals surface area (Å²) in [6.45, 7) is 0. The SMILES string of the molecule is NC(c1cnccn1)c1ccccc1OC(F)(F)F. The molecule has 1 unspecified atom stereocenters. The fourth-order valence-electron chi connectivity index (χ4n) is 1.59. The van der Waals surface area contributed by atoms with E-state index in [0.29, 0.717) is 5.69 Å². The van der Waals surface area contributed by atoms with Gasteiger partial charge in [0, 0.05) is 18.0 Å². The number of ether oxygens (including phenoxy) is 1. The van der Waals surface area contributed by atoms with Crippen LogP contribution in [0.2, 0.25) is 0 Å². The average Bonchev–Trinajstić information content (AvgIpc) is 2.38. The third-order valence-electron chi connectivity index (χ3n) is 2.38. The van der Waals surface area contributed by atoms with Gasteiger partial charge in [0.1, 0.15) is 5.75 Å². The first-order valence-electron chi connectivity index (χ1n) is 5.33. The zero-order valence-electron chi connectivity index (χ0n) is 9.63. The summed E-state index contributed by atoms with van der Waals surface area (Å²) >= 11 is 0. The van der Waals surface area contributed by atoms with E-state index in [9.17, 15) is 13.2 Å².